The molecule has 0 unspecified atom stereocenters. The van der Waals surface area contributed by atoms with E-state index in [1.807, 2.05) is 56.3 Å². The summed E-state index contributed by atoms with van der Waals surface area (Å²) in [6, 6.07) is 30.8. The molecule has 0 aliphatic carbocycles. The minimum atomic E-state index is -1.02. The van der Waals surface area contributed by atoms with E-state index >= 15 is 0 Å². The smallest absolute Gasteiger partial charge is 0.333 e. The third-order valence-corrected chi connectivity index (χ3v) is 6.79. The predicted molar refractivity (Wildman–Crippen MR) is 146 cm³/mol. The molecule has 4 aromatic carbocycles. The van der Waals surface area contributed by atoms with Gasteiger partial charge in [-0.15, -0.1) is 0 Å². The lowest BCUT2D eigenvalue weighted by Gasteiger charge is -2.37. The van der Waals surface area contributed by atoms with Gasteiger partial charge in [0.2, 0.25) is 0 Å². The van der Waals surface area contributed by atoms with Gasteiger partial charge in [-0.2, -0.15) is 0 Å². The minimum absolute atomic E-state index is 0.761. The Balaban J connectivity index is 1.54. The van der Waals surface area contributed by atoms with Gasteiger partial charge in [0.1, 0.15) is 5.58 Å². The van der Waals surface area contributed by atoms with E-state index in [9.17, 15) is 5.11 Å². The number of benzene rings is 4. The predicted octanol–water partition coefficient (Wildman–Crippen LogP) is 6.81. The van der Waals surface area contributed by atoms with E-state index in [0.29, 0.717) is 0 Å². The van der Waals surface area contributed by atoms with Crippen LogP contribution in [0.3, 0.4) is 0 Å². The van der Waals surface area contributed by atoms with Crippen LogP contribution in [0.5, 0.6) is 0 Å². The molecule has 2 N–H and O–H groups in total. The number of nitrogens with one attached hydrogen (secondary N) is 1. The van der Waals surface area contributed by atoms with Crippen molar-refractivity contribution in [2.45, 2.75) is 38.9 Å². The van der Waals surface area contributed by atoms with Gasteiger partial charge >= 0.3 is 7.48 Å². The fourth-order valence-corrected chi connectivity index (χ4v) is 3.91. The lowest BCUT2D eigenvalue weighted by molar-refractivity contribution is -0.0893. The van der Waals surface area contributed by atoms with Crippen molar-refractivity contribution in [1.82, 2.24) is 0 Å². The molecule has 1 radical (unpaired) electrons. The lowest BCUT2D eigenvalue weighted by atomic mass is 9.81. The molecule has 5 aromatic rings. The van der Waals surface area contributed by atoms with E-state index in [1.165, 1.54) is 5.56 Å². The van der Waals surface area contributed by atoms with Crippen LogP contribution >= 0.6 is 0 Å². The number of anilines is 2. The largest absolute Gasteiger partial charge is 0.454 e. The first-order chi connectivity index (χ1) is 16.7. The Hall–Kier alpha value is -3.54. The van der Waals surface area contributed by atoms with E-state index in [2.05, 4.69) is 53.8 Å². The van der Waals surface area contributed by atoms with Gasteiger partial charge < -0.3 is 19.5 Å². The highest BCUT2D eigenvalue weighted by Crippen LogP contribution is 2.34. The Kier molecular flexibility index (Phi) is 5.91. The molecule has 35 heavy (non-hydrogen) atoms. The van der Waals surface area contributed by atoms with Gasteiger partial charge in [-0.05, 0) is 62.5 Å². The quantitative estimate of drug-likeness (QED) is 0.261. The highest BCUT2D eigenvalue weighted by molar-refractivity contribution is 6.51. The van der Waals surface area contributed by atoms with Gasteiger partial charge in [-0.25, -0.2) is 0 Å². The van der Waals surface area contributed by atoms with Crippen molar-refractivity contribution in [3.63, 3.8) is 0 Å². The zero-order chi connectivity index (χ0) is 24.6. The summed E-state index contributed by atoms with van der Waals surface area (Å²) in [5.41, 5.74) is 4.71. The van der Waals surface area contributed by atoms with Crippen LogP contribution in [0.15, 0.2) is 95.4 Å². The fraction of sp³-hybridized carbons (Fsp3) is 0.200. The van der Waals surface area contributed by atoms with Crippen LogP contribution in [0.1, 0.15) is 27.7 Å². The van der Waals surface area contributed by atoms with Crippen LogP contribution in [-0.2, 0) is 4.65 Å². The fourth-order valence-electron chi connectivity index (χ4n) is 3.91. The Morgan fingerprint density at radius 2 is 1.40 bits per heavy atom. The van der Waals surface area contributed by atoms with Crippen LogP contribution in [0, 0.1) is 0 Å². The van der Waals surface area contributed by atoms with Gasteiger partial charge in [0.15, 0.2) is 5.58 Å². The van der Waals surface area contributed by atoms with E-state index in [4.69, 9.17) is 9.07 Å². The monoisotopic (exact) mass is 462 g/mol. The molecular weight excluding hydrogens is 433 g/mol. The molecule has 0 bridgehead atoms. The van der Waals surface area contributed by atoms with Gasteiger partial charge in [0.05, 0.1) is 16.9 Å². The number of hydrogen-bond donors (Lipinski definition) is 2. The van der Waals surface area contributed by atoms with Gasteiger partial charge in [-0.3, -0.25) is 0 Å². The molecule has 0 saturated carbocycles. The summed E-state index contributed by atoms with van der Waals surface area (Å²) in [5.74, 6) is 0. The van der Waals surface area contributed by atoms with Crippen LogP contribution in [-0.4, -0.2) is 23.8 Å². The Morgan fingerprint density at radius 3 is 2.11 bits per heavy atom. The second-order valence-corrected chi connectivity index (χ2v) is 9.88. The molecule has 0 saturated heterocycles. The molecule has 5 rings (SSSR count). The Bertz CT molecular complexity index is 1470. The topological polar surface area (TPSA) is 54.6 Å². The van der Waals surface area contributed by atoms with Crippen molar-refractivity contribution in [2.75, 3.05) is 5.32 Å². The van der Waals surface area contributed by atoms with E-state index < -0.39 is 11.2 Å². The molecule has 5 heteroatoms. The zero-order valence-corrected chi connectivity index (χ0v) is 20.5. The number of fused-ring (bicyclic) bond motifs is 3. The van der Waals surface area contributed by atoms with Crippen LogP contribution < -0.4 is 10.8 Å². The Labute approximate surface area is 206 Å². The summed E-state index contributed by atoms with van der Waals surface area (Å²) < 4.78 is 12.4. The number of furan rings is 1. The Morgan fingerprint density at radius 1 is 0.743 bits per heavy atom. The molecule has 0 spiro atoms. The molecule has 1 heterocycles. The summed E-state index contributed by atoms with van der Waals surface area (Å²) in [7, 11) is 1.70. The van der Waals surface area contributed by atoms with Crippen LogP contribution in [0.4, 0.5) is 11.4 Å². The number of rotatable bonds is 7. The van der Waals surface area contributed by atoms with Crippen molar-refractivity contribution in [1.29, 1.82) is 0 Å². The molecule has 4 nitrogen and oxygen atoms in total. The second kappa shape index (κ2) is 8.92. The SMILES string of the molecule is CC(C)(O)C(C)(C)O[B]c1ccc2c(oc3ccccc32)c1Nc1ccc(-c2ccccc2)cc1. The number of aliphatic hydroxyl groups is 1. The molecular formula is C30H29BNO3. The average Bonchev–Trinajstić information content (AvgIpc) is 3.23. The summed E-state index contributed by atoms with van der Waals surface area (Å²) in [4.78, 5) is 0. The highest BCUT2D eigenvalue weighted by Gasteiger charge is 2.36. The van der Waals surface area contributed by atoms with Crippen LogP contribution in [0.25, 0.3) is 33.1 Å². The van der Waals surface area contributed by atoms with Crippen molar-refractivity contribution in [3.05, 3.63) is 91.0 Å². The van der Waals surface area contributed by atoms with Crippen molar-refractivity contribution >= 4 is 46.3 Å². The lowest BCUT2D eigenvalue weighted by Crippen LogP contribution is -2.49. The molecule has 175 valence electrons. The summed E-state index contributed by atoms with van der Waals surface area (Å²) in [6.07, 6.45) is 0. The standard InChI is InChI=1S/C30H29BNO3/c1-29(2,33)30(3,4)35-31-25-19-18-24-23-12-8-9-13-26(23)34-28(24)27(25)32-22-16-14-21(15-17-22)20-10-6-5-7-11-20/h5-19,32-33H,1-4H3. The van der Waals surface area contributed by atoms with Gasteiger partial charge in [0, 0.05) is 16.5 Å². The molecule has 0 fully saturated rings. The number of para-hydroxylation sites is 1. The third-order valence-electron chi connectivity index (χ3n) is 6.79. The zero-order valence-electron chi connectivity index (χ0n) is 20.5. The molecule has 0 aliphatic rings. The van der Waals surface area contributed by atoms with Gasteiger partial charge in [-0.1, -0.05) is 72.8 Å². The molecule has 1 aromatic heterocycles. The summed E-state index contributed by atoms with van der Waals surface area (Å²) >= 11 is 0. The summed E-state index contributed by atoms with van der Waals surface area (Å²) in [6.45, 7) is 7.24. The maximum absolute atomic E-state index is 10.5. The van der Waals surface area contributed by atoms with Crippen LogP contribution in [0.2, 0.25) is 0 Å². The maximum Gasteiger partial charge on any atom is 0.333 e. The first kappa shape index (κ1) is 23.2. The molecule has 0 aliphatic heterocycles. The molecule has 0 atom stereocenters. The molecule has 0 amide bonds. The number of hydrogen-bond acceptors (Lipinski definition) is 4. The second-order valence-electron chi connectivity index (χ2n) is 9.88. The maximum atomic E-state index is 10.5. The van der Waals surface area contributed by atoms with Crippen molar-refractivity contribution < 1.29 is 14.2 Å². The first-order valence-electron chi connectivity index (χ1n) is 11.8. The van der Waals surface area contributed by atoms with Crippen molar-refractivity contribution in [2.24, 2.45) is 0 Å². The average molecular weight is 462 g/mol. The normalized spacial score (nSPS) is 12.3. The highest BCUT2D eigenvalue weighted by atomic mass is 16.5. The van der Waals surface area contributed by atoms with Gasteiger partial charge in [0.25, 0.3) is 0 Å². The van der Waals surface area contributed by atoms with Crippen molar-refractivity contribution in [3.8, 4) is 11.1 Å². The third kappa shape index (κ3) is 4.57. The van der Waals surface area contributed by atoms with E-state index in [-0.39, 0.29) is 0 Å². The minimum Gasteiger partial charge on any atom is -0.454 e. The van der Waals surface area contributed by atoms with E-state index in [0.717, 1.165) is 44.3 Å². The summed E-state index contributed by atoms with van der Waals surface area (Å²) in [5, 5.41) is 16.2. The first-order valence-corrected chi connectivity index (χ1v) is 11.8. The van der Waals surface area contributed by atoms with E-state index in [1.54, 1.807) is 21.3 Å².